The quantitative estimate of drug-likeness (QED) is 0.452. The predicted molar refractivity (Wildman–Crippen MR) is 102 cm³/mol. The van der Waals surface area contributed by atoms with Crippen molar-refractivity contribution in [1.29, 1.82) is 0 Å². The molecule has 0 unspecified atom stereocenters. The number of hydrogen-bond acceptors (Lipinski definition) is 4. The monoisotopic (exact) mass is 406 g/mol. The topological polar surface area (TPSA) is 51.6 Å². The van der Waals surface area contributed by atoms with Crippen molar-refractivity contribution < 1.29 is 16.5 Å². The van der Waals surface area contributed by atoms with Gasteiger partial charge < -0.3 is 0 Å². The fourth-order valence-corrected chi connectivity index (χ4v) is 2.06. The van der Waals surface area contributed by atoms with Crippen LogP contribution in [0.3, 0.4) is 0 Å². The van der Waals surface area contributed by atoms with E-state index >= 15 is 0 Å². The molecule has 0 aliphatic carbocycles. The summed E-state index contributed by atoms with van der Waals surface area (Å²) in [4.78, 5) is 16.7. The van der Waals surface area contributed by atoms with Gasteiger partial charge in [-0.3, -0.25) is 19.9 Å². The molecule has 0 N–H and O–H groups in total. The Morgan fingerprint density at radius 3 is 0.769 bits per heavy atom. The van der Waals surface area contributed by atoms with Crippen molar-refractivity contribution in [2.45, 2.75) is 0 Å². The van der Waals surface area contributed by atoms with Gasteiger partial charge >= 0.3 is 0 Å². The Bertz CT molecular complexity index is 698. The van der Waals surface area contributed by atoms with Crippen LogP contribution in [0, 0.1) is 0 Å². The Hall–Kier alpha value is -2.62. The van der Waals surface area contributed by atoms with Gasteiger partial charge in [0.1, 0.15) is 0 Å². The normalized spacial score (nSPS) is 8.92. The molecule has 0 saturated carbocycles. The summed E-state index contributed by atoms with van der Waals surface area (Å²) in [7, 11) is 0. The zero-order valence-electron chi connectivity index (χ0n) is 13.8. The van der Waals surface area contributed by atoms with Crippen molar-refractivity contribution in [2.75, 3.05) is 0 Å². The molecule has 4 aromatic rings. The summed E-state index contributed by atoms with van der Waals surface area (Å²) in [5.74, 6) is 0. The van der Waals surface area contributed by atoms with Crippen LogP contribution in [0.1, 0.15) is 0 Å². The standard InChI is InChI=1S/2C10H8N2.ClH.Ni/c2*1-3-7-11-9(5-1)10-6-2-4-8-12-10;;/h2*1-8H;1H;. The maximum absolute atomic E-state index is 4.19. The first kappa shape index (κ1) is 21.4. The number of pyridine rings is 4. The smallest absolute Gasteiger partial charge is 0.0886 e. The van der Waals surface area contributed by atoms with E-state index in [9.17, 15) is 0 Å². The summed E-state index contributed by atoms with van der Waals surface area (Å²) >= 11 is 0. The molecule has 4 nitrogen and oxygen atoms in total. The van der Waals surface area contributed by atoms with E-state index in [1.54, 1.807) is 24.8 Å². The summed E-state index contributed by atoms with van der Waals surface area (Å²) < 4.78 is 0. The second-order valence-corrected chi connectivity index (χ2v) is 4.86. The average molecular weight is 408 g/mol. The van der Waals surface area contributed by atoms with E-state index in [0.717, 1.165) is 22.8 Å². The summed E-state index contributed by atoms with van der Waals surface area (Å²) in [5.41, 5.74) is 3.66. The molecule has 26 heavy (non-hydrogen) atoms. The van der Waals surface area contributed by atoms with Crippen LogP contribution >= 0.6 is 12.4 Å². The van der Waals surface area contributed by atoms with Gasteiger partial charge in [-0.1, -0.05) is 24.3 Å². The molecule has 0 saturated heterocycles. The zero-order valence-corrected chi connectivity index (χ0v) is 15.6. The van der Waals surface area contributed by atoms with Crippen molar-refractivity contribution >= 4 is 12.4 Å². The predicted octanol–water partition coefficient (Wildman–Crippen LogP) is 4.71. The molecule has 0 atom stereocenters. The molecule has 6 heteroatoms. The molecule has 0 aliphatic heterocycles. The molecule has 4 heterocycles. The second kappa shape index (κ2) is 11.9. The molecule has 0 spiro atoms. The van der Waals surface area contributed by atoms with Crippen LogP contribution < -0.4 is 0 Å². The molecule has 4 rings (SSSR count). The SMILES string of the molecule is Cl.[Ni].c1ccc(-c2ccccn2)nc1.c1ccc(-c2ccccn2)nc1. The minimum atomic E-state index is 0. The van der Waals surface area contributed by atoms with Crippen molar-refractivity contribution in [3.63, 3.8) is 0 Å². The average Bonchev–Trinajstić information content (AvgIpc) is 2.71. The van der Waals surface area contributed by atoms with Crippen LogP contribution in [0.25, 0.3) is 22.8 Å². The third-order valence-electron chi connectivity index (χ3n) is 3.18. The van der Waals surface area contributed by atoms with Gasteiger partial charge in [0.25, 0.3) is 0 Å². The Balaban J connectivity index is 0.000000241. The molecule has 0 fully saturated rings. The van der Waals surface area contributed by atoms with Gasteiger partial charge in [0.2, 0.25) is 0 Å². The van der Waals surface area contributed by atoms with Crippen LogP contribution in [0.15, 0.2) is 97.6 Å². The Morgan fingerprint density at radius 1 is 0.385 bits per heavy atom. The molecule has 0 bridgehead atoms. The minimum Gasteiger partial charge on any atom is -0.255 e. The van der Waals surface area contributed by atoms with Crippen LogP contribution in [0.4, 0.5) is 0 Å². The number of hydrogen-bond donors (Lipinski definition) is 0. The van der Waals surface area contributed by atoms with Crippen LogP contribution in [0.2, 0.25) is 0 Å². The first-order chi connectivity index (χ1) is 11.9. The molecular weight excluding hydrogens is 390 g/mol. The van der Waals surface area contributed by atoms with Gasteiger partial charge in [0, 0.05) is 41.3 Å². The van der Waals surface area contributed by atoms with E-state index < -0.39 is 0 Å². The molecule has 4 aromatic heterocycles. The maximum Gasteiger partial charge on any atom is 0.0886 e. The number of nitrogens with zero attached hydrogens (tertiary/aromatic N) is 4. The van der Waals surface area contributed by atoms with E-state index in [-0.39, 0.29) is 28.9 Å². The van der Waals surface area contributed by atoms with E-state index in [2.05, 4.69) is 19.9 Å². The van der Waals surface area contributed by atoms with Crippen molar-refractivity contribution in [3.05, 3.63) is 97.6 Å². The van der Waals surface area contributed by atoms with E-state index in [1.165, 1.54) is 0 Å². The van der Waals surface area contributed by atoms with Gasteiger partial charge in [0.15, 0.2) is 0 Å². The molecule has 134 valence electrons. The van der Waals surface area contributed by atoms with Gasteiger partial charge in [-0.05, 0) is 48.5 Å². The fraction of sp³-hybridized carbons (Fsp3) is 0. The van der Waals surface area contributed by atoms with Gasteiger partial charge in [-0.25, -0.2) is 0 Å². The fourth-order valence-electron chi connectivity index (χ4n) is 2.06. The largest absolute Gasteiger partial charge is 0.255 e. The summed E-state index contributed by atoms with van der Waals surface area (Å²) in [6, 6.07) is 23.2. The van der Waals surface area contributed by atoms with Crippen LogP contribution in [-0.2, 0) is 16.5 Å². The van der Waals surface area contributed by atoms with Gasteiger partial charge in [0.05, 0.1) is 22.8 Å². The molecule has 0 aromatic carbocycles. The minimum absolute atomic E-state index is 0. The van der Waals surface area contributed by atoms with Gasteiger partial charge in [-0.2, -0.15) is 0 Å². The van der Waals surface area contributed by atoms with Crippen LogP contribution in [0.5, 0.6) is 0 Å². The molecule has 0 radical (unpaired) electrons. The Labute approximate surface area is 169 Å². The van der Waals surface area contributed by atoms with E-state index in [0.29, 0.717) is 0 Å². The molecule has 0 aliphatic rings. The molecule has 0 amide bonds. The second-order valence-electron chi connectivity index (χ2n) is 4.86. The Kier molecular flexibility index (Phi) is 9.77. The first-order valence-corrected chi connectivity index (χ1v) is 7.58. The summed E-state index contributed by atoms with van der Waals surface area (Å²) in [6.07, 6.45) is 7.07. The van der Waals surface area contributed by atoms with Crippen molar-refractivity contribution in [3.8, 4) is 22.8 Å². The van der Waals surface area contributed by atoms with E-state index in [4.69, 9.17) is 0 Å². The summed E-state index contributed by atoms with van der Waals surface area (Å²) in [5, 5.41) is 0. The van der Waals surface area contributed by atoms with Crippen molar-refractivity contribution in [2.24, 2.45) is 0 Å². The number of aromatic nitrogens is 4. The maximum atomic E-state index is 4.19. The third-order valence-corrected chi connectivity index (χ3v) is 3.18. The van der Waals surface area contributed by atoms with Crippen LogP contribution in [-0.4, -0.2) is 19.9 Å². The van der Waals surface area contributed by atoms with E-state index in [1.807, 2.05) is 72.8 Å². The molecular formula is C20H17ClN4Ni. The number of rotatable bonds is 2. The summed E-state index contributed by atoms with van der Waals surface area (Å²) in [6.45, 7) is 0. The number of halogens is 1. The third kappa shape index (κ3) is 6.36. The first-order valence-electron chi connectivity index (χ1n) is 7.58. The zero-order chi connectivity index (χ0) is 16.5. The van der Waals surface area contributed by atoms with Gasteiger partial charge in [-0.15, -0.1) is 12.4 Å². The Morgan fingerprint density at radius 2 is 0.615 bits per heavy atom. The van der Waals surface area contributed by atoms with Crippen molar-refractivity contribution in [1.82, 2.24) is 19.9 Å².